The zero-order valence-corrected chi connectivity index (χ0v) is 15.8. The van der Waals surface area contributed by atoms with E-state index in [1.54, 1.807) is 36.4 Å². The Balaban J connectivity index is 1.66. The number of benzene rings is 2. The number of carbonyl (C=O) groups is 2. The van der Waals surface area contributed by atoms with E-state index in [0.29, 0.717) is 26.2 Å². The molecule has 0 spiro atoms. The summed E-state index contributed by atoms with van der Waals surface area (Å²) in [4.78, 5) is 34.6. The summed E-state index contributed by atoms with van der Waals surface area (Å²) in [7, 11) is 0. The minimum atomic E-state index is -0.543. The minimum absolute atomic E-state index is 0.124. The first kappa shape index (κ1) is 19.5. The van der Waals surface area contributed by atoms with E-state index in [9.17, 15) is 19.7 Å². The van der Waals surface area contributed by atoms with Crippen LogP contribution in [0, 0.1) is 10.1 Å². The number of thioether (sulfide) groups is 1. The van der Waals surface area contributed by atoms with Gasteiger partial charge in [0, 0.05) is 23.4 Å². The van der Waals surface area contributed by atoms with Crippen molar-refractivity contribution in [3.05, 3.63) is 69.1 Å². The number of nitrogens with one attached hydrogen (secondary N) is 2. The third kappa shape index (κ3) is 4.93. The van der Waals surface area contributed by atoms with Gasteiger partial charge in [0.25, 0.3) is 17.5 Å². The van der Waals surface area contributed by atoms with Crippen molar-refractivity contribution in [1.29, 1.82) is 0 Å². The lowest BCUT2D eigenvalue weighted by Crippen LogP contribution is -2.20. The first-order valence-corrected chi connectivity index (χ1v) is 9.16. The van der Waals surface area contributed by atoms with Gasteiger partial charge in [0.2, 0.25) is 0 Å². The maximum atomic E-state index is 12.1. The van der Waals surface area contributed by atoms with Crippen LogP contribution in [0.5, 0.6) is 5.75 Å². The topological polar surface area (TPSA) is 111 Å². The number of nitrogens with zero attached hydrogens (tertiary/aromatic N) is 1. The van der Waals surface area contributed by atoms with Gasteiger partial charge in [-0.25, -0.2) is 0 Å². The Bertz CT molecular complexity index is 1010. The number of anilines is 1. The van der Waals surface area contributed by atoms with Crippen LogP contribution < -0.4 is 15.4 Å². The number of nitro groups is 1. The second-order valence-corrected chi connectivity index (χ2v) is 7.25. The maximum Gasteiger partial charge on any atom is 0.271 e. The van der Waals surface area contributed by atoms with Gasteiger partial charge < -0.3 is 15.4 Å². The summed E-state index contributed by atoms with van der Waals surface area (Å²) in [6.07, 6.45) is 1.63. The highest BCUT2D eigenvalue weighted by Crippen LogP contribution is 2.29. The molecule has 2 aromatic rings. The lowest BCUT2D eigenvalue weighted by molar-refractivity contribution is -0.384. The number of rotatable bonds is 6. The van der Waals surface area contributed by atoms with E-state index >= 15 is 0 Å². The molecule has 0 aromatic heterocycles. The molecule has 1 aliphatic heterocycles. The standard InChI is InChI=1S/C18H13N3O5S2/c22-16(19-12-5-3-6-13(9-12)21(24)25)10-26-14-7-2-1-4-11(14)8-15-17(23)20-18(27)28-15/h1-9H,10H2,(H,19,22)(H,20,23,27)/b15-8-. The molecule has 1 aliphatic rings. The van der Waals surface area contributed by atoms with E-state index < -0.39 is 10.8 Å². The smallest absolute Gasteiger partial charge is 0.271 e. The molecule has 3 rings (SSSR count). The number of non-ortho nitro benzene ring substituents is 1. The van der Waals surface area contributed by atoms with E-state index in [1.807, 2.05) is 0 Å². The molecule has 0 atom stereocenters. The molecular weight excluding hydrogens is 402 g/mol. The van der Waals surface area contributed by atoms with Crippen molar-refractivity contribution in [2.75, 3.05) is 11.9 Å². The third-order valence-corrected chi connectivity index (χ3v) is 4.71. The first-order valence-electron chi connectivity index (χ1n) is 7.93. The van der Waals surface area contributed by atoms with Crippen molar-refractivity contribution in [2.45, 2.75) is 0 Å². The molecular formula is C18H13N3O5S2. The van der Waals surface area contributed by atoms with Crippen molar-refractivity contribution < 1.29 is 19.2 Å². The molecule has 1 fully saturated rings. The number of nitro benzene ring substituents is 1. The summed E-state index contributed by atoms with van der Waals surface area (Å²) in [5, 5.41) is 15.9. The van der Waals surface area contributed by atoms with Crippen LogP contribution >= 0.6 is 24.0 Å². The molecule has 0 saturated carbocycles. The second kappa shape index (κ2) is 8.63. The van der Waals surface area contributed by atoms with Crippen molar-refractivity contribution in [1.82, 2.24) is 5.32 Å². The zero-order valence-electron chi connectivity index (χ0n) is 14.2. The summed E-state index contributed by atoms with van der Waals surface area (Å²) in [5.41, 5.74) is 0.791. The fourth-order valence-corrected chi connectivity index (χ4v) is 3.37. The van der Waals surface area contributed by atoms with E-state index in [0.717, 1.165) is 11.8 Å². The largest absolute Gasteiger partial charge is 0.483 e. The van der Waals surface area contributed by atoms with Crippen molar-refractivity contribution in [3.8, 4) is 5.75 Å². The Hall–Kier alpha value is -3.24. The predicted octanol–water partition coefficient (Wildman–Crippen LogP) is 3.10. The predicted molar refractivity (Wildman–Crippen MR) is 110 cm³/mol. The fraction of sp³-hybridized carbons (Fsp3) is 0.0556. The van der Waals surface area contributed by atoms with Crippen molar-refractivity contribution >= 4 is 57.6 Å². The second-order valence-electron chi connectivity index (χ2n) is 5.53. The number of ether oxygens (including phenoxy) is 1. The molecule has 2 N–H and O–H groups in total. The van der Waals surface area contributed by atoms with Gasteiger partial charge in [-0.2, -0.15) is 0 Å². The van der Waals surface area contributed by atoms with Gasteiger partial charge in [-0.1, -0.05) is 48.2 Å². The average molecular weight is 415 g/mol. The Kier molecular flexibility index (Phi) is 6.02. The van der Waals surface area contributed by atoms with Gasteiger partial charge in [0.1, 0.15) is 10.1 Å². The van der Waals surface area contributed by atoms with E-state index in [1.165, 1.54) is 18.2 Å². The van der Waals surface area contributed by atoms with Crippen LogP contribution in [0.1, 0.15) is 5.56 Å². The molecule has 0 bridgehead atoms. The van der Waals surface area contributed by atoms with E-state index in [-0.39, 0.29) is 18.2 Å². The lowest BCUT2D eigenvalue weighted by Gasteiger charge is -2.10. The molecule has 0 unspecified atom stereocenters. The Labute approximate surface area is 169 Å². The van der Waals surface area contributed by atoms with Crippen LogP contribution in [-0.4, -0.2) is 27.7 Å². The van der Waals surface area contributed by atoms with Crippen LogP contribution in [-0.2, 0) is 9.59 Å². The summed E-state index contributed by atoms with van der Waals surface area (Å²) < 4.78 is 5.94. The SMILES string of the molecule is O=C(COc1ccccc1/C=C1\SC(=S)NC1=O)Nc1cccc([N+](=O)[O-])c1. The summed E-state index contributed by atoms with van der Waals surface area (Å²) in [6.45, 7) is -0.305. The summed E-state index contributed by atoms with van der Waals surface area (Å²) >= 11 is 6.11. The van der Waals surface area contributed by atoms with Gasteiger partial charge in [0.05, 0.1) is 9.83 Å². The highest BCUT2D eigenvalue weighted by Gasteiger charge is 2.22. The number of carbonyl (C=O) groups excluding carboxylic acids is 2. The molecule has 28 heavy (non-hydrogen) atoms. The number of para-hydroxylation sites is 1. The summed E-state index contributed by atoms with van der Waals surface area (Å²) in [5.74, 6) is -0.347. The summed E-state index contributed by atoms with van der Waals surface area (Å²) in [6, 6.07) is 12.5. The first-order chi connectivity index (χ1) is 13.4. The number of thiocarbonyl (C=S) groups is 1. The minimum Gasteiger partial charge on any atom is -0.483 e. The van der Waals surface area contributed by atoms with Crippen LogP contribution in [0.2, 0.25) is 0 Å². The van der Waals surface area contributed by atoms with E-state index in [4.69, 9.17) is 17.0 Å². The number of hydrogen-bond acceptors (Lipinski definition) is 7. The van der Waals surface area contributed by atoms with Gasteiger partial charge in [0.15, 0.2) is 6.61 Å². The van der Waals surface area contributed by atoms with Gasteiger partial charge in [-0.05, 0) is 18.2 Å². The van der Waals surface area contributed by atoms with Crippen LogP contribution in [0.3, 0.4) is 0 Å². The Morgan fingerprint density at radius 3 is 2.79 bits per heavy atom. The molecule has 10 heteroatoms. The van der Waals surface area contributed by atoms with Crippen molar-refractivity contribution in [3.63, 3.8) is 0 Å². The van der Waals surface area contributed by atoms with Crippen LogP contribution in [0.4, 0.5) is 11.4 Å². The van der Waals surface area contributed by atoms with Crippen molar-refractivity contribution in [2.24, 2.45) is 0 Å². The highest BCUT2D eigenvalue weighted by molar-refractivity contribution is 8.26. The van der Waals surface area contributed by atoms with Gasteiger partial charge >= 0.3 is 0 Å². The quantitative estimate of drug-likeness (QED) is 0.323. The average Bonchev–Trinajstić information content (AvgIpc) is 2.98. The lowest BCUT2D eigenvalue weighted by atomic mass is 10.2. The maximum absolute atomic E-state index is 12.1. The fourth-order valence-electron chi connectivity index (χ4n) is 2.33. The monoisotopic (exact) mass is 415 g/mol. The normalized spacial score (nSPS) is 14.6. The third-order valence-electron chi connectivity index (χ3n) is 3.55. The molecule has 2 aromatic carbocycles. The molecule has 1 saturated heterocycles. The zero-order chi connectivity index (χ0) is 20.1. The van der Waals surface area contributed by atoms with Crippen LogP contribution in [0.15, 0.2) is 53.4 Å². The van der Waals surface area contributed by atoms with Crippen LogP contribution in [0.25, 0.3) is 6.08 Å². The van der Waals surface area contributed by atoms with Gasteiger partial charge in [-0.15, -0.1) is 0 Å². The molecule has 2 amide bonds. The molecule has 142 valence electrons. The molecule has 1 heterocycles. The number of amides is 2. The molecule has 8 nitrogen and oxygen atoms in total. The van der Waals surface area contributed by atoms with Gasteiger partial charge in [-0.3, -0.25) is 19.7 Å². The molecule has 0 aliphatic carbocycles. The Morgan fingerprint density at radius 2 is 2.07 bits per heavy atom. The van der Waals surface area contributed by atoms with E-state index in [2.05, 4.69) is 10.6 Å². The highest BCUT2D eigenvalue weighted by atomic mass is 32.2. The Morgan fingerprint density at radius 1 is 1.29 bits per heavy atom. The number of hydrogen-bond donors (Lipinski definition) is 2. The molecule has 0 radical (unpaired) electrons.